The normalized spacial score (nSPS) is 22.0. The van der Waals surface area contributed by atoms with E-state index in [1.54, 1.807) is 0 Å². The highest BCUT2D eigenvalue weighted by atomic mass is 16.6. The summed E-state index contributed by atoms with van der Waals surface area (Å²) in [5.74, 6) is 0.169. The molecule has 0 saturated heterocycles. The molecule has 110 valence electrons. The standard InChI is InChI=1S/C16H23NO3/c1-16(2,3)20-15(19)17-14-9-8-11(10-18)12-6-4-5-7-13(12)14/h4-7,11,14,18H,8-10H2,1-3H3,(H,17,19)/t11?,14-/m0/s1. The number of fused-ring (bicyclic) bond motifs is 1. The van der Waals surface area contributed by atoms with E-state index in [2.05, 4.69) is 5.32 Å². The third kappa shape index (κ3) is 3.51. The Kier molecular flexibility index (Phi) is 4.33. The molecule has 0 aliphatic heterocycles. The van der Waals surface area contributed by atoms with Crippen LogP contribution in [-0.2, 0) is 4.74 Å². The predicted molar refractivity (Wildman–Crippen MR) is 77.6 cm³/mol. The molecule has 0 radical (unpaired) electrons. The number of carbonyl (C=O) groups is 1. The van der Waals surface area contributed by atoms with Gasteiger partial charge < -0.3 is 15.2 Å². The van der Waals surface area contributed by atoms with Crippen molar-refractivity contribution < 1.29 is 14.6 Å². The van der Waals surface area contributed by atoms with Crippen LogP contribution in [-0.4, -0.2) is 23.4 Å². The minimum Gasteiger partial charge on any atom is -0.444 e. The van der Waals surface area contributed by atoms with E-state index >= 15 is 0 Å². The molecule has 0 heterocycles. The number of aliphatic hydroxyl groups is 1. The van der Waals surface area contributed by atoms with E-state index in [1.807, 2.05) is 45.0 Å². The number of amides is 1. The van der Waals surface area contributed by atoms with Crippen molar-refractivity contribution in [3.8, 4) is 0 Å². The van der Waals surface area contributed by atoms with Crippen LogP contribution in [0.5, 0.6) is 0 Å². The Morgan fingerprint density at radius 1 is 1.30 bits per heavy atom. The second-order valence-electron chi connectivity index (χ2n) is 6.28. The molecule has 4 heteroatoms. The van der Waals surface area contributed by atoms with Crippen molar-refractivity contribution in [2.24, 2.45) is 0 Å². The average molecular weight is 277 g/mol. The van der Waals surface area contributed by atoms with Gasteiger partial charge in [0.1, 0.15) is 5.60 Å². The molecule has 1 amide bonds. The summed E-state index contributed by atoms with van der Waals surface area (Å²) < 4.78 is 5.31. The van der Waals surface area contributed by atoms with Gasteiger partial charge in [-0.25, -0.2) is 4.79 Å². The highest BCUT2D eigenvalue weighted by Gasteiger charge is 2.28. The lowest BCUT2D eigenvalue weighted by Crippen LogP contribution is -2.36. The zero-order valence-corrected chi connectivity index (χ0v) is 12.3. The van der Waals surface area contributed by atoms with Gasteiger partial charge in [0.2, 0.25) is 0 Å². The summed E-state index contributed by atoms with van der Waals surface area (Å²) in [5.41, 5.74) is 1.72. The number of aliphatic hydroxyl groups excluding tert-OH is 1. The molecule has 2 N–H and O–H groups in total. The van der Waals surface area contributed by atoms with Gasteiger partial charge in [0.25, 0.3) is 0 Å². The van der Waals surface area contributed by atoms with Crippen LogP contribution in [0.2, 0.25) is 0 Å². The van der Waals surface area contributed by atoms with Crippen molar-refractivity contribution in [3.63, 3.8) is 0 Å². The maximum absolute atomic E-state index is 11.9. The van der Waals surface area contributed by atoms with Gasteiger partial charge in [0.15, 0.2) is 0 Å². The molecule has 0 aromatic heterocycles. The van der Waals surface area contributed by atoms with Gasteiger partial charge in [-0.05, 0) is 44.7 Å². The molecular weight excluding hydrogens is 254 g/mol. The van der Waals surface area contributed by atoms with E-state index in [9.17, 15) is 9.90 Å². The summed E-state index contributed by atoms with van der Waals surface area (Å²) in [4.78, 5) is 11.9. The number of carbonyl (C=O) groups excluding carboxylic acids is 1. The van der Waals surface area contributed by atoms with Crippen LogP contribution >= 0.6 is 0 Å². The molecule has 1 aromatic rings. The third-order valence-electron chi connectivity index (χ3n) is 3.53. The first-order chi connectivity index (χ1) is 9.40. The largest absolute Gasteiger partial charge is 0.444 e. The van der Waals surface area contributed by atoms with Crippen LogP contribution in [0.15, 0.2) is 24.3 Å². The van der Waals surface area contributed by atoms with Crippen LogP contribution in [0.4, 0.5) is 4.79 Å². The van der Waals surface area contributed by atoms with Gasteiger partial charge in [-0.3, -0.25) is 0 Å². The molecule has 0 saturated carbocycles. The lowest BCUT2D eigenvalue weighted by atomic mass is 9.80. The Morgan fingerprint density at radius 3 is 2.55 bits per heavy atom. The van der Waals surface area contributed by atoms with Crippen molar-refractivity contribution in [1.29, 1.82) is 0 Å². The number of rotatable bonds is 2. The Balaban J connectivity index is 2.12. The maximum Gasteiger partial charge on any atom is 0.408 e. The van der Waals surface area contributed by atoms with Crippen LogP contribution in [0.3, 0.4) is 0 Å². The number of nitrogens with one attached hydrogen (secondary N) is 1. The molecule has 2 atom stereocenters. The fourth-order valence-electron chi connectivity index (χ4n) is 2.67. The van der Waals surface area contributed by atoms with Gasteiger partial charge in [-0.15, -0.1) is 0 Å². The summed E-state index contributed by atoms with van der Waals surface area (Å²) in [6.45, 7) is 5.70. The highest BCUT2D eigenvalue weighted by molar-refractivity contribution is 5.68. The SMILES string of the molecule is CC(C)(C)OC(=O)N[C@H]1CCC(CO)c2ccccc21. The topological polar surface area (TPSA) is 58.6 Å². The summed E-state index contributed by atoms with van der Waals surface area (Å²) in [6, 6.07) is 7.93. The Hall–Kier alpha value is -1.55. The molecule has 2 rings (SSSR count). The molecule has 1 aliphatic rings. The van der Waals surface area contributed by atoms with E-state index in [0.717, 1.165) is 24.0 Å². The fraction of sp³-hybridized carbons (Fsp3) is 0.562. The van der Waals surface area contributed by atoms with Crippen LogP contribution in [0, 0.1) is 0 Å². The Labute approximate surface area is 120 Å². The predicted octanol–water partition coefficient (Wildman–Crippen LogP) is 3.12. The first kappa shape index (κ1) is 14.9. The lowest BCUT2D eigenvalue weighted by Gasteiger charge is -2.31. The summed E-state index contributed by atoms with van der Waals surface area (Å²) in [5, 5.41) is 12.4. The second-order valence-corrected chi connectivity index (χ2v) is 6.28. The number of hydrogen-bond acceptors (Lipinski definition) is 3. The van der Waals surface area contributed by atoms with E-state index in [-0.39, 0.29) is 24.7 Å². The van der Waals surface area contributed by atoms with E-state index in [1.165, 1.54) is 0 Å². The highest BCUT2D eigenvalue weighted by Crippen LogP contribution is 2.37. The molecular formula is C16H23NO3. The van der Waals surface area contributed by atoms with Crippen molar-refractivity contribution >= 4 is 6.09 Å². The minimum atomic E-state index is -0.494. The first-order valence-corrected chi connectivity index (χ1v) is 7.10. The minimum absolute atomic E-state index is 0.0381. The zero-order chi connectivity index (χ0) is 14.8. The third-order valence-corrected chi connectivity index (χ3v) is 3.53. The van der Waals surface area contributed by atoms with Gasteiger partial charge in [0, 0.05) is 12.5 Å². The lowest BCUT2D eigenvalue weighted by molar-refractivity contribution is 0.0496. The van der Waals surface area contributed by atoms with Crippen molar-refractivity contribution in [3.05, 3.63) is 35.4 Å². The summed E-state index contributed by atoms with van der Waals surface area (Å²) in [7, 11) is 0. The van der Waals surface area contributed by atoms with Crippen molar-refractivity contribution in [2.75, 3.05) is 6.61 Å². The molecule has 4 nitrogen and oxygen atoms in total. The Bertz CT molecular complexity index is 479. The van der Waals surface area contributed by atoms with Gasteiger partial charge in [-0.1, -0.05) is 24.3 Å². The smallest absolute Gasteiger partial charge is 0.408 e. The molecule has 0 bridgehead atoms. The van der Waals surface area contributed by atoms with Crippen LogP contribution in [0.1, 0.15) is 56.7 Å². The molecule has 20 heavy (non-hydrogen) atoms. The average Bonchev–Trinajstić information content (AvgIpc) is 2.37. The maximum atomic E-state index is 11.9. The number of ether oxygens (including phenoxy) is 1. The monoisotopic (exact) mass is 277 g/mol. The quantitative estimate of drug-likeness (QED) is 0.873. The van der Waals surface area contributed by atoms with Gasteiger partial charge in [0.05, 0.1) is 6.04 Å². The summed E-state index contributed by atoms with van der Waals surface area (Å²) >= 11 is 0. The van der Waals surface area contributed by atoms with E-state index < -0.39 is 5.60 Å². The van der Waals surface area contributed by atoms with Crippen LogP contribution < -0.4 is 5.32 Å². The van der Waals surface area contributed by atoms with Crippen LogP contribution in [0.25, 0.3) is 0 Å². The molecule has 0 fully saturated rings. The number of alkyl carbamates (subject to hydrolysis) is 1. The Morgan fingerprint density at radius 2 is 1.95 bits per heavy atom. The summed E-state index contributed by atoms with van der Waals surface area (Å²) in [6.07, 6.45) is 1.30. The number of hydrogen-bond donors (Lipinski definition) is 2. The molecule has 0 spiro atoms. The van der Waals surface area contributed by atoms with E-state index in [0.29, 0.717) is 0 Å². The molecule has 1 unspecified atom stereocenters. The molecule has 1 aliphatic carbocycles. The number of benzene rings is 1. The van der Waals surface area contributed by atoms with Crippen molar-refractivity contribution in [1.82, 2.24) is 5.32 Å². The van der Waals surface area contributed by atoms with E-state index in [4.69, 9.17) is 4.74 Å². The second kappa shape index (κ2) is 5.83. The first-order valence-electron chi connectivity index (χ1n) is 7.10. The van der Waals surface area contributed by atoms with Gasteiger partial charge >= 0.3 is 6.09 Å². The van der Waals surface area contributed by atoms with Gasteiger partial charge in [-0.2, -0.15) is 0 Å². The van der Waals surface area contributed by atoms with Crippen molar-refractivity contribution in [2.45, 2.75) is 51.2 Å². The molecule has 1 aromatic carbocycles. The zero-order valence-electron chi connectivity index (χ0n) is 12.3. The fourth-order valence-corrected chi connectivity index (χ4v) is 2.67.